The molecule has 0 aromatic rings. The van der Waals surface area contributed by atoms with Crippen LogP contribution in [-0.2, 0) is 9.59 Å². The molecule has 6 nitrogen and oxygen atoms in total. The summed E-state index contributed by atoms with van der Waals surface area (Å²) in [6, 6.07) is 1.89. The molecule has 0 aliphatic carbocycles. The van der Waals surface area contributed by atoms with Gasteiger partial charge in [-0.2, -0.15) is 5.26 Å². The van der Waals surface area contributed by atoms with E-state index in [4.69, 9.17) is 5.26 Å². The molecule has 0 aromatic carbocycles. The van der Waals surface area contributed by atoms with E-state index in [0.717, 1.165) is 13.0 Å². The molecular formula is C15H24N4O2. The maximum atomic E-state index is 11.8. The topological polar surface area (TPSA) is 85.2 Å². The Morgan fingerprint density at radius 1 is 1.48 bits per heavy atom. The molecule has 0 aromatic heterocycles. The SMILES string of the molecule is CC(C)(C)N/C=C(/C#N)C(=O)NCCCN1CCCC1=O. The van der Waals surface area contributed by atoms with Gasteiger partial charge in [0.25, 0.3) is 5.91 Å². The second-order valence-electron chi connectivity index (χ2n) is 6.16. The van der Waals surface area contributed by atoms with Gasteiger partial charge in [-0.25, -0.2) is 0 Å². The second kappa shape index (κ2) is 7.67. The van der Waals surface area contributed by atoms with E-state index < -0.39 is 0 Å². The number of nitrogens with one attached hydrogen (secondary N) is 2. The molecule has 1 rings (SSSR count). The molecular weight excluding hydrogens is 268 g/mol. The fourth-order valence-corrected chi connectivity index (χ4v) is 1.94. The van der Waals surface area contributed by atoms with Crippen molar-refractivity contribution in [2.45, 2.75) is 45.6 Å². The third kappa shape index (κ3) is 6.30. The predicted molar refractivity (Wildman–Crippen MR) is 80.0 cm³/mol. The zero-order valence-corrected chi connectivity index (χ0v) is 13.0. The Balaban J connectivity index is 2.31. The van der Waals surface area contributed by atoms with E-state index in [1.54, 1.807) is 0 Å². The van der Waals surface area contributed by atoms with E-state index in [0.29, 0.717) is 25.9 Å². The van der Waals surface area contributed by atoms with E-state index in [2.05, 4.69) is 10.6 Å². The van der Waals surface area contributed by atoms with Gasteiger partial charge in [-0.15, -0.1) is 0 Å². The lowest BCUT2D eigenvalue weighted by Gasteiger charge is -2.19. The lowest BCUT2D eigenvalue weighted by Crippen LogP contribution is -2.34. The number of likely N-dealkylation sites (tertiary alicyclic amines) is 1. The van der Waals surface area contributed by atoms with Crippen molar-refractivity contribution in [1.82, 2.24) is 15.5 Å². The zero-order chi connectivity index (χ0) is 15.9. The van der Waals surface area contributed by atoms with Crippen LogP contribution in [0.25, 0.3) is 0 Å². The fraction of sp³-hybridized carbons (Fsp3) is 0.667. The molecule has 0 saturated carbocycles. The van der Waals surface area contributed by atoms with Gasteiger partial charge in [-0.05, 0) is 33.6 Å². The van der Waals surface area contributed by atoms with Crippen LogP contribution in [0.5, 0.6) is 0 Å². The minimum atomic E-state index is -0.387. The third-order valence-electron chi connectivity index (χ3n) is 3.08. The van der Waals surface area contributed by atoms with Crippen molar-refractivity contribution >= 4 is 11.8 Å². The molecule has 6 heteroatoms. The summed E-state index contributed by atoms with van der Waals surface area (Å²) >= 11 is 0. The highest BCUT2D eigenvalue weighted by atomic mass is 16.2. The van der Waals surface area contributed by atoms with Crippen molar-refractivity contribution in [2.24, 2.45) is 0 Å². The van der Waals surface area contributed by atoms with Gasteiger partial charge in [0.15, 0.2) is 0 Å². The van der Waals surface area contributed by atoms with Crippen LogP contribution < -0.4 is 10.6 Å². The summed E-state index contributed by atoms with van der Waals surface area (Å²) in [6.45, 7) is 7.77. The van der Waals surface area contributed by atoms with Crippen LogP contribution in [0, 0.1) is 11.3 Å². The van der Waals surface area contributed by atoms with Crippen LogP contribution in [0.4, 0.5) is 0 Å². The van der Waals surface area contributed by atoms with E-state index in [-0.39, 0.29) is 22.9 Å². The Kier molecular flexibility index (Phi) is 6.22. The molecule has 1 saturated heterocycles. The average Bonchev–Trinajstić information content (AvgIpc) is 2.80. The second-order valence-corrected chi connectivity index (χ2v) is 6.16. The molecule has 0 radical (unpaired) electrons. The van der Waals surface area contributed by atoms with Crippen LogP contribution in [0.15, 0.2) is 11.8 Å². The molecule has 1 aliphatic heterocycles. The Labute approximate surface area is 126 Å². The normalized spacial score (nSPS) is 15.8. The van der Waals surface area contributed by atoms with E-state index >= 15 is 0 Å². The molecule has 0 atom stereocenters. The largest absolute Gasteiger partial charge is 0.385 e. The molecule has 1 heterocycles. The minimum absolute atomic E-state index is 0.0576. The summed E-state index contributed by atoms with van der Waals surface area (Å²) in [5, 5.41) is 14.7. The third-order valence-corrected chi connectivity index (χ3v) is 3.08. The summed E-state index contributed by atoms with van der Waals surface area (Å²) in [7, 11) is 0. The molecule has 116 valence electrons. The van der Waals surface area contributed by atoms with Crippen molar-refractivity contribution in [3.8, 4) is 6.07 Å². The maximum Gasteiger partial charge on any atom is 0.263 e. The summed E-state index contributed by atoms with van der Waals surface area (Å²) in [4.78, 5) is 25.1. The van der Waals surface area contributed by atoms with Crippen molar-refractivity contribution in [2.75, 3.05) is 19.6 Å². The molecule has 2 N–H and O–H groups in total. The number of carbonyl (C=O) groups is 2. The number of hydrogen-bond donors (Lipinski definition) is 2. The number of rotatable bonds is 6. The quantitative estimate of drug-likeness (QED) is 0.433. The number of nitrogens with zero attached hydrogens (tertiary/aromatic N) is 2. The highest BCUT2D eigenvalue weighted by Gasteiger charge is 2.19. The lowest BCUT2D eigenvalue weighted by molar-refractivity contribution is -0.127. The summed E-state index contributed by atoms with van der Waals surface area (Å²) in [6.07, 6.45) is 3.69. The van der Waals surface area contributed by atoms with Crippen molar-refractivity contribution in [1.29, 1.82) is 5.26 Å². The molecule has 1 aliphatic rings. The van der Waals surface area contributed by atoms with E-state index in [1.165, 1.54) is 6.20 Å². The van der Waals surface area contributed by atoms with Crippen LogP contribution >= 0.6 is 0 Å². The van der Waals surface area contributed by atoms with Crippen LogP contribution in [0.1, 0.15) is 40.0 Å². The van der Waals surface area contributed by atoms with Gasteiger partial charge in [-0.3, -0.25) is 9.59 Å². The molecule has 0 spiro atoms. The van der Waals surface area contributed by atoms with Gasteiger partial charge in [0, 0.05) is 37.8 Å². The van der Waals surface area contributed by atoms with Gasteiger partial charge in [0.05, 0.1) is 0 Å². The van der Waals surface area contributed by atoms with Gasteiger partial charge in [0.2, 0.25) is 5.91 Å². The summed E-state index contributed by atoms with van der Waals surface area (Å²) in [5.41, 5.74) is -0.138. The molecule has 1 fully saturated rings. The van der Waals surface area contributed by atoms with Crippen LogP contribution in [-0.4, -0.2) is 41.9 Å². The first-order chi connectivity index (χ1) is 9.83. The van der Waals surface area contributed by atoms with Crippen LogP contribution in [0.2, 0.25) is 0 Å². The van der Waals surface area contributed by atoms with Gasteiger partial charge < -0.3 is 15.5 Å². The first-order valence-corrected chi connectivity index (χ1v) is 7.27. The first-order valence-electron chi connectivity index (χ1n) is 7.27. The number of hydrogen-bond acceptors (Lipinski definition) is 4. The van der Waals surface area contributed by atoms with Gasteiger partial charge in [0.1, 0.15) is 11.6 Å². The lowest BCUT2D eigenvalue weighted by atomic mass is 10.1. The standard InChI is InChI=1S/C15H24N4O2/c1-15(2,3)18-11-12(10-16)14(21)17-7-5-9-19-8-4-6-13(19)20/h11,18H,4-9H2,1-3H3,(H,17,21)/b12-11-. The highest BCUT2D eigenvalue weighted by Crippen LogP contribution is 2.09. The zero-order valence-electron chi connectivity index (χ0n) is 13.0. The number of amides is 2. The highest BCUT2D eigenvalue weighted by molar-refractivity contribution is 5.97. The Morgan fingerprint density at radius 3 is 2.71 bits per heavy atom. The molecule has 0 unspecified atom stereocenters. The monoisotopic (exact) mass is 292 g/mol. The van der Waals surface area contributed by atoms with Gasteiger partial charge in [-0.1, -0.05) is 0 Å². The first kappa shape index (κ1) is 17.0. The average molecular weight is 292 g/mol. The van der Waals surface area contributed by atoms with Crippen molar-refractivity contribution in [3.63, 3.8) is 0 Å². The van der Waals surface area contributed by atoms with E-state index in [9.17, 15) is 9.59 Å². The maximum absolute atomic E-state index is 11.8. The van der Waals surface area contributed by atoms with Gasteiger partial charge >= 0.3 is 0 Å². The Bertz CT molecular complexity index is 457. The summed E-state index contributed by atoms with van der Waals surface area (Å²) in [5.74, 6) is -0.199. The Hall–Kier alpha value is -2.03. The molecule has 21 heavy (non-hydrogen) atoms. The number of carbonyl (C=O) groups excluding carboxylic acids is 2. The predicted octanol–water partition coefficient (Wildman–Crippen LogP) is 0.911. The van der Waals surface area contributed by atoms with Crippen molar-refractivity contribution < 1.29 is 9.59 Å². The smallest absolute Gasteiger partial charge is 0.263 e. The van der Waals surface area contributed by atoms with Crippen LogP contribution in [0.3, 0.4) is 0 Å². The fourth-order valence-electron chi connectivity index (χ4n) is 1.94. The minimum Gasteiger partial charge on any atom is -0.385 e. The molecule has 0 bridgehead atoms. The number of nitriles is 1. The van der Waals surface area contributed by atoms with Crippen molar-refractivity contribution in [3.05, 3.63) is 11.8 Å². The van der Waals surface area contributed by atoms with E-state index in [1.807, 2.05) is 31.7 Å². The summed E-state index contributed by atoms with van der Waals surface area (Å²) < 4.78 is 0. The Morgan fingerprint density at radius 2 is 2.19 bits per heavy atom. The molecule has 2 amide bonds.